The predicted octanol–water partition coefficient (Wildman–Crippen LogP) is 0.994. The van der Waals surface area contributed by atoms with E-state index in [-0.39, 0.29) is 0 Å². The Kier molecular flexibility index (Phi) is 3.72. The quantitative estimate of drug-likeness (QED) is 0.661. The van der Waals surface area contributed by atoms with E-state index >= 15 is 0 Å². The topological polar surface area (TPSA) is 32.3 Å². The van der Waals surface area contributed by atoms with Gasteiger partial charge in [-0.25, -0.2) is 0 Å². The Morgan fingerprint density at radius 3 is 2.85 bits per heavy atom. The van der Waals surface area contributed by atoms with Crippen LogP contribution in [0.15, 0.2) is 0 Å². The van der Waals surface area contributed by atoms with Gasteiger partial charge in [0.1, 0.15) is 0 Å². The molecule has 3 unspecified atom stereocenters. The van der Waals surface area contributed by atoms with Crippen molar-refractivity contribution in [3.63, 3.8) is 0 Å². The summed E-state index contributed by atoms with van der Waals surface area (Å²) in [5.41, 5.74) is 0. The molecule has 0 bridgehead atoms. The van der Waals surface area contributed by atoms with E-state index in [0.717, 1.165) is 25.7 Å². The molecule has 0 radical (unpaired) electrons. The van der Waals surface area contributed by atoms with Gasteiger partial charge in [-0.05, 0) is 40.2 Å². The van der Waals surface area contributed by atoms with Crippen molar-refractivity contribution in [3.8, 4) is 0 Å². The molecule has 76 valence electrons. The molecular formula is C10H20N2O. The molecule has 3 nitrogen and oxygen atoms in total. The van der Waals surface area contributed by atoms with E-state index in [4.69, 9.17) is 0 Å². The Hall–Kier alpha value is -0.570. The fraction of sp³-hybridized carbons (Fsp3) is 0.900. The first kappa shape index (κ1) is 10.5. The molecule has 1 N–H and O–H groups in total. The molecule has 0 aromatic carbocycles. The minimum absolute atomic E-state index is 0.437. The summed E-state index contributed by atoms with van der Waals surface area (Å²) in [7, 11) is 1.97. The zero-order valence-electron chi connectivity index (χ0n) is 8.79. The standard InChI is InChI=1S/C10H20N2O/c1-8(11-3)6-10-5-4-9(2)12(10)7-13/h7-11H,4-6H2,1-3H3. The first-order chi connectivity index (χ1) is 6.19. The number of hydrogen-bond donors (Lipinski definition) is 1. The molecule has 1 fully saturated rings. The van der Waals surface area contributed by atoms with Crippen LogP contribution in [-0.2, 0) is 4.79 Å². The van der Waals surface area contributed by atoms with Crippen LogP contribution in [0.1, 0.15) is 33.1 Å². The highest BCUT2D eigenvalue weighted by Crippen LogP contribution is 2.24. The third-order valence-corrected chi connectivity index (χ3v) is 3.09. The van der Waals surface area contributed by atoms with Crippen molar-refractivity contribution < 1.29 is 4.79 Å². The predicted molar refractivity (Wildman–Crippen MR) is 53.5 cm³/mol. The van der Waals surface area contributed by atoms with Gasteiger partial charge in [0.2, 0.25) is 6.41 Å². The summed E-state index contributed by atoms with van der Waals surface area (Å²) in [6, 6.07) is 1.39. The van der Waals surface area contributed by atoms with E-state index in [2.05, 4.69) is 19.2 Å². The third kappa shape index (κ3) is 2.44. The lowest BCUT2D eigenvalue weighted by Crippen LogP contribution is -2.37. The van der Waals surface area contributed by atoms with E-state index in [1.54, 1.807) is 0 Å². The zero-order valence-corrected chi connectivity index (χ0v) is 8.79. The van der Waals surface area contributed by atoms with Crippen LogP contribution in [-0.4, -0.2) is 36.5 Å². The summed E-state index contributed by atoms with van der Waals surface area (Å²) < 4.78 is 0. The second-order valence-electron chi connectivity index (χ2n) is 4.06. The molecule has 0 aromatic rings. The van der Waals surface area contributed by atoms with Crippen molar-refractivity contribution in [3.05, 3.63) is 0 Å². The number of hydrogen-bond acceptors (Lipinski definition) is 2. The normalized spacial score (nSPS) is 30.5. The number of nitrogens with one attached hydrogen (secondary N) is 1. The van der Waals surface area contributed by atoms with Crippen molar-refractivity contribution >= 4 is 6.41 Å². The number of likely N-dealkylation sites (tertiary alicyclic amines) is 1. The number of rotatable bonds is 4. The number of amides is 1. The minimum Gasteiger partial charge on any atom is -0.340 e. The van der Waals surface area contributed by atoms with E-state index in [9.17, 15) is 4.79 Å². The third-order valence-electron chi connectivity index (χ3n) is 3.09. The van der Waals surface area contributed by atoms with Crippen molar-refractivity contribution in [1.82, 2.24) is 10.2 Å². The lowest BCUT2D eigenvalue weighted by Gasteiger charge is -2.26. The molecule has 3 atom stereocenters. The number of nitrogens with zero attached hydrogens (tertiary/aromatic N) is 1. The van der Waals surface area contributed by atoms with Crippen LogP contribution in [0.25, 0.3) is 0 Å². The summed E-state index contributed by atoms with van der Waals surface area (Å²) in [5, 5.41) is 3.21. The van der Waals surface area contributed by atoms with Crippen LogP contribution >= 0.6 is 0 Å². The Bertz CT molecular complexity index is 172. The highest BCUT2D eigenvalue weighted by atomic mass is 16.1. The molecule has 1 heterocycles. The fourth-order valence-corrected chi connectivity index (χ4v) is 2.05. The Balaban J connectivity index is 2.45. The smallest absolute Gasteiger partial charge is 0.210 e. The molecule has 1 rings (SSSR count). The van der Waals surface area contributed by atoms with E-state index in [1.807, 2.05) is 11.9 Å². The van der Waals surface area contributed by atoms with Gasteiger partial charge in [-0.15, -0.1) is 0 Å². The lowest BCUT2D eigenvalue weighted by molar-refractivity contribution is -0.120. The summed E-state index contributed by atoms with van der Waals surface area (Å²) in [5.74, 6) is 0. The van der Waals surface area contributed by atoms with Gasteiger partial charge in [0, 0.05) is 18.1 Å². The maximum absolute atomic E-state index is 10.8. The molecule has 3 heteroatoms. The molecule has 13 heavy (non-hydrogen) atoms. The van der Waals surface area contributed by atoms with Gasteiger partial charge in [-0.1, -0.05) is 0 Å². The summed E-state index contributed by atoms with van der Waals surface area (Å²) in [6.07, 6.45) is 4.38. The van der Waals surface area contributed by atoms with E-state index < -0.39 is 0 Å². The Labute approximate surface area is 80.5 Å². The highest BCUT2D eigenvalue weighted by Gasteiger charge is 2.29. The second-order valence-corrected chi connectivity index (χ2v) is 4.06. The minimum atomic E-state index is 0.437. The molecule has 1 saturated heterocycles. The van der Waals surface area contributed by atoms with Crippen molar-refractivity contribution in [2.24, 2.45) is 0 Å². The average Bonchev–Trinajstić information content (AvgIpc) is 2.46. The van der Waals surface area contributed by atoms with Gasteiger partial charge in [-0.3, -0.25) is 4.79 Å². The molecule has 0 saturated carbocycles. The van der Waals surface area contributed by atoms with Gasteiger partial charge in [-0.2, -0.15) is 0 Å². The summed E-state index contributed by atoms with van der Waals surface area (Å²) >= 11 is 0. The van der Waals surface area contributed by atoms with Crippen LogP contribution in [0.2, 0.25) is 0 Å². The molecule has 0 spiro atoms. The summed E-state index contributed by atoms with van der Waals surface area (Å²) in [4.78, 5) is 12.8. The van der Waals surface area contributed by atoms with Crippen LogP contribution in [0.4, 0.5) is 0 Å². The van der Waals surface area contributed by atoms with Crippen LogP contribution in [0, 0.1) is 0 Å². The Morgan fingerprint density at radius 1 is 1.62 bits per heavy atom. The molecule has 1 aliphatic rings. The zero-order chi connectivity index (χ0) is 9.84. The highest BCUT2D eigenvalue weighted by molar-refractivity contribution is 5.49. The molecule has 1 amide bonds. The van der Waals surface area contributed by atoms with Gasteiger partial charge < -0.3 is 10.2 Å². The number of carbonyl (C=O) groups excluding carboxylic acids is 1. The van der Waals surface area contributed by atoms with Crippen molar-refractivity contribution in [2.45, 2.75) is 51.2 Å². The average molecular weight is 184 g/mol. The first-order valence-electron chi connectivity index (χ1n) is 5.09. The van der Waals surface area contributed by atoms with Gasteiger partial charge in [0.05, 0.1) is 0 Å². The summed E-state index contributed by atoms with van der Waals surface area (Å²) in [6.45, 7) is 4.28. The van der Waals surface area contributed by atoms with Crippen LogP contribution in [0.3, 0.4) is 0 Å². The Morgan fingerprint density at radius 2 is 2.31 bits per heavy atom. The van der Waals surface area contributed by atoms with Gasteiger partial charge in [0.25, 0.3) is 0 Å². The van der Waals surface area contributed by atoms with Crippen molar-refractivity contribution in [1.29, 1.82) is 0 Å². The van der Waals surface area contributed by atoms with E-state index in [0.29, 0.717) is 18.1 Å². The molecular weight excluding hydrogens is 164 g/mol. The SMILES string of the molecule is CNC(C)CC1CCC(C)N1C=O. The largest absolute Gasteiger partial charge is 0.340 e. The monoisotopic (exact) mass is 184 g/mol. The fourth-order valence-electron chi connectivity index (χ4n) is 2.05. The molecule has 0 aromatic heterocycles. The van der Waals surface area contributed by atoms with Gasteiger partial charge >= 0.3 is 0 Å². The van der Waals surface area contributed by atoms with E-state index in [1.165, 1.54) is 0 Å². The maximum atomic E-state index is 10.8. The second kappa shape index (κ2) is 4.61. The van der Waals surface area contributed by atoms with Crippen molar-refractivity contribution in [2.75, 3.05) is 7.05 Å². The number of carbonyl (C=O) groups is 1. The van der Waals surface area contributed by atoms with Crippen LogP contribution < -0.4 is 5.32 Å². The van der Waals surface area contributed by atoms with Crippen LogP contribution in [0.5, 0.6) is 0 Å². The maximum Gasteiger partial charge on any atom is 0.210 e. The van der Waals surface area contributed by atoms with Gasteiger partial charge in [0.15, 0.2) is 0 Å². The molecule has 0 aliphatic carbocycles. The lowest BCUT2D eigenvalue weighted by atomic mass is 10.1. The molecule has 1 aliphatic heterocycles. The first-order valence-corrected chi connectivity index (χ1v) is 5.09.